The van der Waals surface area contributed by atoms with Gasteiger partial charge in [0.1, 0.15) is 10.7 Å². The minimum Gasteiger partial charge on any atom is -0.354 e. The van der Waals surface area contributed by atoms with Crippen molar-refractivity contribution in [3.05, 3.63) is 39.8 Å². The van der Waals surface area contributed by atoms with Crippen molar-refractivity contribution in [2.45, 2.75) is 32.7 Å². The Bertz CT molecular complexity index is 775. The second kappa shape index (κ2) is 6.44. The Morgan fingerprint density at radius 2 is 2.36 bits per heavy atom. The molecule has 0 unspecified atom stereocenters. The van der Waals surface area contributed by atoms with E-state index in [4.69, 9.17) is 0 Å². The zero-order valence-electron chi connectivity index (χ0n) is 12.5. The van der Waals surface area contributed by atoms with Gasteiger partial charge in [0.05, 0.1) is 5.39 Å². The van der Waals surface area contributed by atoms with Crippen LogP contribution in [0.2, 0.25) is 0 Å². The Kier molecular flexibility index (Phi) is 4.38. The monoisotopic (exact) mass is 317 g/mol. The first-order valence-electron chi connectivity index (χ1n) is 7.54. The molecule has 3 rings (SSSR count). The quantitative estimate of drug-likeness (QED) is 0.880. The molecule has 0 saturated carbocycles. The second-order valence-corrected chi connectivity index (χ2v) is 6.42. The number of hydrogen-bond acceptors (Lipinski definition) is 4. The molecule has 0 aromatic carbocycles. The number of aromatic nitrogens is 2. The largest absolute Gasteiger partial charge is 0.354 e. The molecule has 2 aromatic heterocycles. The molecular weight excluding hydrogens is 298 g/mol. The maximum atomic E-state index is 12.4. The van der Waals surface area contributed by atoms with E-state index >= 15 is 0 Å². The van der Waals surface area contributed by atoms with E-state index in [2.05, 4.69) is 22.5 Å². The van der Waals surface area contributed by atoms with E-state index in [1.165, 1.54) is 11.3 Å². The van der Waals surface area contributed by atoms with Gasteiger partial charge in [0.15, 0.2) is 0 Å². The van der Waals surface area contributed by atoms with Crippen molar-refractivity contribution in [2.75, 3.05) is 6.54 Å². The summed E-state index contributed by atoms with van der Waals surface area (Å²) in [6.45, 7) is 2.74. The lowest BCUT2D eigenvalue weighted by atomic mass is 9.94. The Balaban J connectivity index is 1.65. The van der Waals surface area contributed by atoms with Gasteiger partial charge in [-0.05, 0) is 37.6 Å². The standard InChI is InChI=1S/C16H19N3O2S/c1-11-18-15-13(7-10-22-15)16(21)19(11)9-8-17-14(20)12-5-3-2-4-6-12/h2-3,7,10,12H,4-6,8-9H2,1H3,(H,17,20)/t12-/m1/s1. The summed E-state index contributed by atoms with van der Waals surface area (Å²) in [5.41, 5.74) is -0.0291. The highest BCUT2D eigenvalue weighted by atomic mass is 32.1. The lowest BCUT2D eigenvalue weighted by Crippen LogP contribution is -2.35. The number of nitrogens with one attached hydrogen (secondary N) is 1. The van der Waals surface area contributed by atoms with Gasteiger partial charge >= 0.3 is 0 Å². The molecule has 0 radical (unpaired) electrons. The summed E-state index contributed by atoms with van der Waals surface area (Å²) in [4.78, 5) is 29.7. The van der Waals surface area contributed by atoms with Crippen molar-refractivity contribution in [1.82, 2.24) is 14.9 Å². The predicted molar refractivity (Wildman–Crippen MR) is 88.1 cm³/mol. The fourth-order valence-corrected chi connectivity index (χ4v) is 3.58. The van der Waals surface area contributed by atoms with Crippen LogP contribution in [0.5, 0.6) is 0 Å². The van der Waals surface area contributed by atoms with E-state index in [1.807, 2.05) is 12.3 Å². The van der Waals surface area contributed by atoms with Crippen molar-refractivity contribution in [3.8, 4) is 0 Å². The molecule has 1 amide bonds. The van der Waals surface area contributed by atoms with E-state index in [0.717, 1.165) is 24.1 Å². The zero-order valence-corrected chi connectivity index (χ0v) is 13.4. The van der Waals surface area contributed by atoms with Crippen LogP contribution in [-0.4, -0.2) is 22.0 Å². The highest BCUT2D eigenvalue weighted by Gasteiger charge is 2.18. The van der Waals surface area contributed by atoms with Crippen molar-refractivity contribution >= 4 is 27.5 Å². The maximum Gasteiger partial charge on any atom is 0.262 e. The number of allylic oxidation sites excluding steroid dienone is 2. The molecule has 1 N–H and O–H groups in total. The van der Waals surface area contributed by atoms with Gasteiger partial charge in [-0.3, -0.25) is 14.2 Å². The van der Waals surface area contributed by atoms with Gasteiger partial charge in [-0.2, -0.15) is 0 Å². The first-order chi connectivity index (χ1) is 10.7. The lowest BCUT2D eigenvalue weighted by Gasteiger charge is -2.17. The Labute approximate surface area is 132 Å². The van der Waals surface area contributed by atoms with Crippen LogP contribution in [-0.2, 0) is 11.3 Å². The number of amides is 1. The maximum absolute atomic E-state index is 12.4. The van der Waals surface area contributed by atoms with E-state index in [9.17, 15) is 9.59 Å². The number of carbonyl (C=O) groups excluding carboxylic acids is 1. The Morgan fingerprint density at radius 3 is 3.14 bits per heavy atom. The average molecular weight is 317 g/mol. The first-order valence-corrected chi connectivity index (χ1v) is 8.42. The van der Waals surface area contributed by atoms with Crippen LogP contribution in [0.15, 0.2) is 28.4 Å². The third-order valence-corrected chi connectivity index (χ3v) is 4.86. The number of hydrogen-bond donors (Lipinski definition) is 1. The smallest absolute Gasteiger partial charge is 0.262 e. The van der Waals surface area contributed by atoms with Gasteiger partial charge in [0, 0.05) is 19.0 Å². The number of carbonyl (C=O) groups is 1. The molecule has 0 saturated heterocycles. The molecule has 2 aromatic rings. The molecule has 1 aliphatic rings. The van der Waals surface area contributed by atoms with Crippen LogP contribution in [0.4, 0.5) is 0 Å². The second-order valence-electron chi connectivity index (χ2n) is 5.53. The Morgan fingerprint density at radius 1 is 1.50 bits per heavy atom. The summed E-state index contributed by atoms with van der Waals surface area (Å²) < 4.78 is 1.64. The van der Waals surface area contributed by atoms with Crippen LogP contribution in [0.1, 0.15) is 25.1 Å². The lowest BCUT2D eigenvalue weighted by molar-refractivity contribution is -0.125. The number of fused-ring (bicyclic) bond motifs is 1. The normalized spacial score (nSPS) is 17.8. The predicted octanol–water partition coefficient (Wildman–Crippen LogP) is 2.24. The fraction of sp³-hybridized carbons (Fsp3) is 0.438. The van der Waals surface area contributed by atoms with Crippen LogP contribution >= 0.6 is 11.3 Å². The number of aryl methyl sites for hydroxylation is 1. The fourth-order valence-electron chi connectivity index (χ4n) is 2.78. The van der Waals surface area contributed by atoms with Gasteiger partial charge in [-0.25, -0.2) is 4.98 Å². The molecule has 1 atom stereocenters. The summed E-state index contributed by atoms with van der Waals surface area (Å²) in [6, 6.07) is 1.80. The van der Waals surface area contributed by atoms with Crippen LogP contribution < -0.4 is 10.9 Å². The SMILES string of the molecule is Cc1nc2sccc2c(=O)n1CCNC(=O)[C@@H]1CC=CCC1. The zero-order chi connectivity index (χ0) is 15.5. The molecule has 0 spiro atoms. The molecule has 6 heteroatoms. The van der Waals surface area contributed by atoms with E-state index in [0.29, 0.717) is 24.3 Å². The summed E-state index contributed by atoms with van der Waals surface area (Å²) in [5.74, 6) is 0.842. The number of nitrogens with zero attached hydrogens (tertiary/aromatic N) is 2. The van der Waals surface area contributed by atoms with Crippen molar-refractivity contribution in [3.63, 3.8) is 0 Å². The van der Waals surface area contributed by atoms with Gasteiger partial charge in [-0.1, -0.05) is 12.2 Å². The highest BCUT2D eigenvalue weighted by Crippen LogP contribution is 2.18. The first kappa shape index (κ1) is 15.0. The van der Waals surface area contributed by atoms with Crippen molar-refractivity contribution in [2.24, 2.45) is 5.92 Å². The van der Waals surface area contributed by atoms with Gasteiger partial charge < -0.3 is 5.32 Å². The van der Waals surface area contributed by atoms with E-state index < -0.39 is 0 Å². The van der Waals surface area contributed by atoms with Gasteiger partial charge in [0.25, 0.3) is 5.56 Å². The summed E-state index contributed by atoms with van der Waals surface area (Å²) in [7, 11) is 0. The van der Waals surface area contributed by atoms with Crippen LogP contribution in [0.25, 0.3) is 10.2 Å². The Hall–Kier alpha value is -1.95. The molecule has 2 heterocycles. The molecule has 0 bridgehead atoms. The number of thiophene rings is 1. The number of rotatable bonds is 4. The highest BCUT2D eigenvalue weighted by molar-refractivity contribution is 7.16. The molecule has 22 heavy (non-hydrogen) atoms. The molecule has 1 aliphatic carbocycles. The third kappa shape index (κ3) is 2.97. The third-order valence-electron chi connectivity index (χ3n) is 4.05. The van der Waals surface area contributed by atoms with Crippen molar-refractivity contribution < 1.29 is 4.79 Å². The summed E-state index contributed by atoms with van der Waals surface area (Å²) in [5, 5.41) is 5.47. The van der Waals surface area contributed by atoms with Crippen LogP contribution in [0, 0.1) is 12.8 Å². The topological polar surface area (TPSA) is 64.0 Å². The summed E-state index contributed by atoms with van der Waals surface area (Å²) >= 11 is 1.47. The van der Waals surface area contributed by atoms with Gasteiger partial charge in [0.2, 0.25) is 5.91 Å². The minimum absolute atomic E-state index is 0.0291. The van der Waals surface area contributed by atoms with Gasteiger partial charge in [-0.15, -0.1) is 11.3 Å². The van der Waals surface area contributed by atoms with Crippen LogP contribution in [0.3, 0.4) is 0 Å². The molecule has 0 fully saturated rings. The molecule has 116 valence electrons. The molecule has 5 nitrogen and oxygen atoms in total. The molecular formula is C16H19N3O2S. The van der Waals surface area contributed by atoms with E-state index in [-0.39, 0.29) is 17.4 Å². The van der Waals surface area contributed by atoms with Crippen molar-refractivity contribution in [1.29, 1.82) is 0 Å². The summed E-state index contributed by atoms with van der Waals surface area (Å²) in [6.07, 6.45) is 6.87. The molecule has 0 aliphatic heterocycles. The van der Waals surface area contributed by atoms with E-state index in [1.54, 1.807) is 10.6 Å². The average Bonchev–Trinajstić information content (AvgIpc) is 2.99. The minimum atomic E-state index is -0.0291.